The summed E-state index contributed by atoms with van der Waals surface area (Å²) in [5, 5.41) is -0.171. The van der Waals surface area contributed by atoms with Gasteiger partial charge in [0.15, 0.2) is 23.2 Å². The highest BCUT2D eigenvalue weighted by atomic mass is 28.4. The quantitative estimate of drug-likeness (QED) is 0.377. The molecule has 1 heterocycles. The number of carbonyl (C=O) groups is 4. The molecule has 1 aromatic carbocycles. The average molecular weight is 496 g/mol. The molecule has 0 atom stereocenters. The summed E-state index contributed by atoms with van der Waals surface area (Å²) in [7, 11) is -2.41. The van der Waals surface area contributed by atoms with Crippen molar-refractivity contribution in [2.75, 3.05) is 0 Å². The van der Waals surface area contributed by atoms with E-state index in [-0.39, 0.29) is 38.9 Å². The maximum atomic E-state index is 13.6. The Morgan fingerprint density at radius 3 is 1.89 bits per heavy atom. The van der Waals surface area contributed by atoms with Gasteiger partial charge >= 0.3 is 6.09 Å². The predicted octanol–water partition coefficient (Wildman–Crippen LogP) is 6.08. The Balaban J connectivity index is 2.31. The Morgan fingerprint density at radius 2 is 1.40 bits per heavy atom. The third-order valence-electron chi connectivity index (χ3n) is 6.32. The largest absolute Gasteiger partial charge is 0.531 e. The van der Waals surface area contributed by atoms with Gasteiger partial charge in [-0.05, 0) is 58.0 Å². The van der Waals surface area contributed by atoms with Crippen molar-refractivity contribution in [1.29, 1.82) is 0 Å². The molecule has 0 saturated heterocycles. The number of carbonyl (C=O) groups excluding carboxylic acids is 4. The molecule has 1 aliphatic rings. The van der Waals surface area contributed by atoms with E-state index in [1.54, 1.807) is 45.0 Å². The summed E-state index contributed by atoms with van der Waals surface area (Å²) in [4.78, 5) is 53.0. The topological polar surface area (TPSA) is 91.7 Å². The first-order chi connectivity index (χ1) is 16.0. The van der Waals surface area contributed by atoms with E-state index in [1.807, 2.05) is 13.1 Å². The SMILES string of the molecule is CC(=O)C1=C(c2ccc(O[Si](C)(C)C(C)(C)C)n2C(=O)OC(C)(C)C)C(=O)c2ccccc2C1=O. The van der Waals surface area contributed by atoms with Crippen molar-refractivity contribution in [1.82, 2.24) is 4.57 Å². The second-order valence-corrected chi connectivity index (χ2v) is 16.0. The van der Waals surface area contributed by atoms with Crippen LogP contribution >= 0.6 is 0 Å². The Labute approximate surface area is 207 Å². The summed E-state index contributed by atoms with van der Waals surface area (Å²) < 4.78 is 13.2. The molecule has 0 radical (unpaired) electrons. The zero-order valence-electron chi connectivity index (χ0n) is 21.9. The molecule has 0 unspecified atom stereocenters. The van der Waals surface area contributed by atoms with E-state index in [0.29, 0.717) is 0 Å². The summed E-state index contributed by atoms with van der Waals surface area (Å²) in [5.74, 6) is -1.41. The van der Waals surface area contributed by atoms with E-state index in [1.165, 1.54) is 23.6 Å². The van der Waals surface area contributed by atoms with Gasteiger partial charge in [-0.3, -0.25) is 14.4 Å². The second-order valence-electron chi connectivity index (χ2n) is 11.2. The van der Waals surface area contributed by atoms with Gasteiger partial charge in [-0.1, -0.05) is 45.0 Å². The summed E-state index contributed by atoms with van der Waals surface area (Å²) in [6.07, 6.45) is -0.763. The van der Waals surface area contributed by atoms with Gasteiger partial charge in [0.25, 0.3) is 8.32 Å². The van der Waals surface area contributed by atoms with Crippen LogP contribution < -0.4 is 4.43 Å². The molecule has 1 aromatic heterocycles. The lowest BCUT2D eigenvalue weighted by atomic mass is 9.81. The van der Waals surface area contributed by atoms with Gasteiger partial charge in [-0.2, -0.15) is 0 Å². The summed E-state index contributed by atoms with van der Waals surface area (Å²) in [5.41, 5.74) is -0.775. The number of ether oxygens (including phenoxy) is 1. The van der Waals surface area contributed by atoms with Crippen LogP contribution in [0.1, 0.15) is 74.9 Å². The average Bonchev–Trinajstić information content (AvgIpc) is 3.10. The number of hydrogen-bond donors (Lipinski definition) is 0. The third kappa shape index (κ3) is 4.93. The molecule has 2 aromatic rings. The van der Waals surface area contributed by atoms with E-state index in [2.05, 4.69) is 20.8 Å². The Bertz CT molecular complexity index is 1270. The number of ketones is 3. The van der Waals surface area contributed by atoms with Gasteiger partial charge in [0.05, 0.1) is 16.8 Å². The van der Waals surface area contributed by atoms with Crippen LogP contribution in [-0.4, -0.2) is 41.9 Å². The molecular formula is C27H33NO6Si. The van der Waals surface area contributed by atoms with Crippen LogP contribution in [0.2, 0.25) is 18.1 Å². The van der Waals surface area contributed by atoms with E-state index in [0.717, 1.165) is 0 Å². The molecular weight excluding hydrogens is 462 g/mol. The molecule has 35 heavy (non-hydrogen) atoms. The zero-order valence-corrected chi connectivity index (χ0v) is 22.9. The minimum atomic E-state index is -2.41. The van der Waals surface area contributed by atoms with Gasteiger partial charge in [0.1, 0.15) is 5.60 Å². The number of aromatic nitrogens is 1. The lowest BCUT2D eigenvalue weighted by molar-refractivity contribution is -0.113. The molecule has 8 heteroatoms. The van der Waals surface area contributed by atoms with Crippen molar-refractivity contribution >= 4 is 37.3 Å². The summed E-state index contributed by atoms with van der Waals surface area (Å²) >= 11 is 0. The van der Waals surface area contributed by atoms with Crippen LogP contribution in [0.5, 0.6) is 5.88 Å². The van der Waals surface area contributed by atoms with Crippen molar-refractivity contribution in [3.8, 4) is 5.88 Å². The highest BCUT2D eigenvalue weighted by molar-refractivity contribution is 6.74. The lowest BCUT2D eigenvalue weighted by Gasteiger charge is -2.36. The van der Waals surface area contributed by atoms with Crippen molar-refractivity contribution in [3.05, 3.63) is 58.8 Å². The molecule has 0 fully saturated rings. The van der Waals surface area contributed by atoms with E-state index in [9.17, 15) is 19.2 Å². The van der Waals surface area contributed by atoms with Gasteiger partial charge in [0, 0.05) is 11.1 Å². The van der Waals surface area contributed by atoms with Gasteiger partial charge in [-0.25, -0.2) is 9.36 Å². The first kappa shape index (κ1) is 26.3. The fourth-order valence-corrected chi connectivity index (χ4v) is 4.55. The fourth-order valence-electron chi connectivity index (χ4n) is 3.56. The summed E-state index contributed by atoms with van der Waals surface area (Å²) in [6, 6.07) is 9.47. The molecule has 0 amide bonds. The molecule has 0 aliphatic heterocycles. The number of nitrogens with zero attached hydrogens (tertiary/aromatic N) is 1. The Morgan fingerprint density at radius 1 is 0.857 bits per heavy atom. The molecule has 0 saturated carbocycles. The molecule has 1 aliphatic carbocycles. The fraction of sp³-hybridized carbons (Fsp3) is 0.407. The number of hydrogen-bond acceptors (Lipinski definition) is 6. The first-order valence-corrected chi connectivity index (χ1v) is 14.5. The number of fused-ring (bicyclic) bond motifs is 1. The van der Waals surface area contributed by atoms with E-state index >= 15 is 0 Å². The zero-order chi connectivity index (χ0) is 26.5. The number of rotatable bonds is 4. The highest BCUT2D eigenvalue weighted by Crippen LogP contribution is 2.40. The standard InChI is InChI=1S/C27H33NO6Si/c1-16(29)21-22(24(31)18-13-11-10-12-17(18)23(21)30)19-14-15-20(34-35(8,9)27(5,6)7)28(19)25(32)33-26(2,3)4/h10-15H,1-9H3. The molecule has 7 nitrogen and oxygen atoms in total. The summed E-state index contributed by atoms with van der Waals surface area (Å²) in [6.45, 7) is 16.7. The Kier molecular flexibility index (Phi) is 6.59. The van der Waals surface area contributed by atoms with Gasteiger partial charge < -0.3 is 9.16 Å². The van der Waals surface area contributed by atoms with Crippen molar-refractivity contribution in [2.45, 2.75) is 72.2 Å². The van der Waals surface area contributed by atoms with Crippen LogP contribution in [0, 0.1) is 0 Å². The Hall–Kier alpha value is -3.26. The van der Waals surface area contributed by atoms with Gasteiger partial charge in [0.2, 0.25) is 0 Å². The monoisotopic (exact) mass is 495 g/mol. The lowest BCUT2D eigenvalue weighted by Crippen LogP contribution is -2.44. The first-order valence-electron chi connectivity index (χ1n) is 11.5. The van der Waals surface area contributed by atoms with Crippen LogP contribution in [-0.2, 0) is 9.53 Å². The van der Waals surface area contributed by atoms with Crippen LogP contribution in [0.15, 0.2) is 42.0 Å². The molecule has 0 spiro atoms. The van der Waals surface area contributed by atoms with Crippen LogP contribution in [0.25, 0.3) is 5.57 Å². The van der Waals surface area contributed by atoms with E-state index in [4.69, 9.17) is 9.16 Å². The maximum absolute atomic E-state index is 13.6. The van der Waals surface area contributed by atoms with E-state index < -0.39 is 37.4 Å². The van der Waals surface area contributed by atoms with Crippen LogP contribution in [0.4, 0.5) is 4.79 Å². The maximum Gasteiger partial charge on any atom is 0.421 e. The third-order valence-corrected chi connectivity index (χ3v) is 10.6. The van der Waals surface area contributed by atoms with Crippen molar-refractivity contribution in [3.63, 3.8) is 0 Å². The van der Waals surface area contributed by atoms with Crippen molar-refractivity contribution < 1.29 is 28.3 Å². The molecule has 0 N–H and O–H groups in total. The minimum Gasteiger partial charge on any atom is -0.531 e. The normalized spacial score (nSPS) is 14.7. The van der Waals surface area contributed by atoms with Gasteiger partial charge in [-0.15, -0.1) is 0 Å². The predicted molar refractivity (Wildman–Crippen MR) is 137 cm³/mol. The molecule has 0 bridgehead atoms. The molecule has 3 rings (SSSR count). The smallest absolute Gasteiger partial charge is 0.421 e. The number of benzene rings is 1. The molecule has 186 valence electrons. The minimum absolute atomic E-state index is 0.0889. The number of Topliss-reactive ketones (excluding diaryl/α,β-unsaturated/α-hetero) is 3. The highest BCUT2D eigenvalue weighted by Gasteiger charge is 2.42. The number of allylic oxidation sites excluding steroid dienone is 2. The van der Waals surface area contributed by atoms with Crippen LogP contribution in [0.3, 0.4) is 0 Å². The second kappa shape index (κ2) is 8.75. The van der Waals surface area contributed by atoms with Crippen molar-refractivity contribution in [2.24, 2.45) is 0 Å².